The highest BCUT2D eigenvalue weighted by Crippen LogP contribution is 2.37. The van der Waals surface area contributed by atoms with E-state index in [-0.39, 0.29) is 5.89 Å². The summed E-state index contributed by atoms with van der Waals surface area (Å²) in [5.74, 6) is -1.24. The number of halogens is 1. The molecule has 8 nitrogen and oxygen atoms in total. The van der Waals surface area contributed by atoms with Gasteiger partial charge in [0, 0.05) is 6.08 Å². The van der Waals surface area contributed by atoms with Crippen LogP contribution in [0.3, 0.4) is 0 Å². The maximum atomic E-state index is 11.4. The summed E-state index contributed by atoms with van der Waals surface area (Å²) in [5.41, 5.74) is 0.583. The molecule has 0 radical (unpaired) electrons. The minimum atomic E-state index is -1.20. The first-order chi connectivity index (χ1) is 11.0. The quantitative estimate of drug-likeness (QED) is 0.854. The van der Waals surface area contributed by atoms with Gasteiger partial charge in [0.25, 0.3) is 0 Å². The summed E-state index contributed by atoms with van der Waals surface area (Å²) in [6.07, 6.45) is 2.95. The fraction of sp³-hybridized carbons (Fsp3) is 0.214. The number of ether oxygens (including phenoxy) is 2. The molecule has 0 atom stereocenters. The van der Waals surface area contributed by atoms with Gasteiger partial charge in [-0.25, -0.2) is 4.79 Å². The highest BCUT2D eigenvalue weighted by molar-refractivity contribution is 6.33. The Morgan fingerprint density at radius 1 is 1.39 bits per heavy atom. The number of aliphatic carboxylic acids is 1. The number of nitrogens with zero attached hydrogens (tertiary/aromatic N) is 2. The lowest BCUT2D eigenvalue weighted by atomic mass is 10.2. The molecule has 0 saturated heterocycles. The molecular formula is C14H13ClN2O6. The fourth-order valence-electron chi connectivity index (χ4n) is 1.81. The number of methoxy groups -OCH3 is 2. The molecule has 2 aromatic rings. The lowest BCUT2D eigenvalue weighted by molar-refractivity contribution is -0.138. The molecule has 1 aromatic carbocycles. The van der Waals surface area contributed by atoms with Gasteiger partial charge in [0.05, 0.1) is 19.2 Å². The van der Waals surface area contributed by atoms with Crippen molar-refractivity contribution in [1.82, 2.24) is 9.78 Å². The van der Waals surface area contributed by atoms with Gasteiger partial charge in [-0.05, 0) is 23.8 Å². The normalized spacial score (nSPS) is 10.9. The fourth-order valence-corrected chi connectivity index (χ4v) is 2.11. The van der Waals surface area contributed by atoms with E-state index in [2.05, 4.69) is 5.10 Å². The van der Waals surface area contributed by atoms with Gasteiger partial charge in [0.15, 0.2) is 11.5 Å². The predicted octanol–water partition coefficient (Wildman–Crippen LogP) is 1.76. The van der Waals surface area contributed by atoms with Gasteiger partial charge in [-0.2, -0.15) is 4.68 Å². The molecule has 0 unspecified atom stereocenters. The van der Waals surface area contributed by atoms with Gasteiger partial charge < -0.3 is 19.0 Å². The number of benzene rings is 1. The van der Waals surface area contributed by atoms with E-state index >= 15 is 0 Å². The van der Waals surface area contributed by atoms with Crippen LogP contribution in [-0.2, 0) is 11.3 Å². The zero-order chi connectivity index (χ0) is 17.0. The largest absolute Gasteiger partial charge is 0.493 e. The summed E-state index contributed by atoms with van der Waals surface area (Å²) in [4.78, 5) is 22.0. The first-order valence-electron chi connectivity index (χ1n) is 6.34. The van der Waals surface area contributed by atoms with Crippen LogP contribution < -0.4 is 15.2 Å². The Labute approximate surface area is 135 Å². The van der Waals surface area contributed by atoms with Gasteiger partial charge in [-0.15, -0.1) is 5.10 Å². The van der Waals surface area contributed by atoms with Crippen molar-refractivity contribution < 1.29 is 23.8 Å². The van der Waals surface area contributed by atoms with Crippen LogP contribution in [0.25, 0.3) is 12.2 Å². The van der Waals surface area contributed by atoms with Crippen LogP contribution in [0.2, 0.25) is 5.02 Å². The smallest absolute Gasteiger partial charge is 0.437 e. The van der Waals surface area contributed by atoms with Crippen molar-refractivity contribution in [3.05, 3.63) is 39.2 Å². The molecule has 2 rings (SSSR count). The molecule has 9 heteroatoms. The van der Waals surface area contributed by atoms with Crippen molar-refractivity contribution in [2.75, 3.05) is 14.2 Å². The van der Waals surface area contributed by atoms with Crippen molar-refractivity contribution >= 4 is 29.7 Å². The topological polar surface area (TPSA) is 104 Å². The molecule has 0 aliphatic carbocycles. The van der Waals surface area contributed by atoms with Crippen LogP contribution in [0.4, 0.5) is 0 Å². The number of hydrogen-bond donors (Lipinski definition) is 1. The van der Waals surface area contributed by atoms with Crippen molar-refractivity contribution in [1.29, 1.82) is 0 Å². The molecule has 0 amide bonds. The Balaban J connectivity index is 2.30. The van der Waals surface area contributed by atoms with Crippen molar-refractivity contribution in [2.24, 2.45) is 0 Å². The van der Waals surface area contributed by atoms with Crippen LogP contribution >= 0.6 is 11.6 Å². The third-order valence-electron chi connectivity index (χ3n) is 2.83. The molecular weight excluding hydrogens is 328 g/mol. The van der Waals surface area contributed by atoms with E-state index < -0.39 is 18.3 Å². The summed E-state index contributed by atoms with van der Waals surface area (Å²) in [7, 11) is 2.96. The van der Waals surface area contributed by atoms with Crippen LogP contribution in [0.15, 0.2) is 21.3 Å². The van der Waals surface area contributed by atoms with Gasteiger partial charge in [0.2, 0.25) is 5.89 Å². The minimum absolute atomic E-state index is 0.0397. The van der Waals surface area contributed by atoms with E-state index in [1.165, 1.54) is 20.3 Å². The Morgan fingerprint density at radius 3 is 2.74 bits per heavy atom. The van der Waals surface area contributed by atoms with Crippen LogP contribution in [0, 0.1) is 0 Å². The Bertz CT molecular complexity index is 808. The second-order valence-corrected chi connectivity index (χ2v) is 4.67. The third kappa shape index (κ3) is 3.72. The van der Waals surface area contributed by atoms with Crippen molar-refractivity contribution in [3.8, 4) is 11.5 Å². The molecule has 0 bridgehead atoms. The van der Waals surface area contributed by atoms with Crippen molar-refractivity contribution in [3.63, 3.8) is 0 Å². The maximum absolute atomic E-state index is 11.4. The first kappa shape index (κ1) is 16.6. The minimum Gasteiger partial charge on any atom is -0.493 e. The molecule has 0 aliphatic rings. The summed E-state index contributed by atoms with van der Waals surface area (Å²) < 4.78 is 15.8. The number of hydrogen-bond acceptors (Lipinski definition) is 6. The summed E-state index contributed by atoms with van der Waals surface area (Å²) in [6, 6.07) is 3.36. The van der Waals surface area contributed by atoms with Crippen LogP contribution in [0.1, 0.15) is 11.5 Å². The van der Waals surface area contributed by atoms with E-state index in [1.807, 2.05) is 0 Å². The number of carbonyl (C=O) groups is 1. The summed E-state index contributed by atoms with van der Waals surface area (Å²) >= 11 is 6.21. The second kappa shape index (κ2) is 7.01. The molecule has 1 N–H and O–H groups in total. The molecule has 1 heterocycles. The van der Waals surface area contributed by atoms with E-state index in [4.69, 9.17) is 30.6 Å². The predicted molar refractivity (Wildman–Crippen MR) is 81.9 cm³/mol. The number of carboxylic acids is 1. The maximum Gasteiger partial charge on any atom is 0.437 e. The lowest BCUT2D eigenvalue weighted by Crippen LogP contribution is -2.20. The second-order valence-electron chi connectivity index (χ2n) is 4.30. The van der Waals surface area contributed by atoms with Gasteiger partial charge in [-0.3, -0.25) is 4.79 Å². The van der Waals surface area contributed by atoms with E-state index in [0.29, 0.717) is 26.8 Å². The molecule has 0 aliphatic heterocycles. The highest BCUT2D eigenvalue weighted by atomic mass is 35.5. The number of aromatic nitrogens is 2. The monoisotopic (exact) mass is 340 g/mol. The number of carboxylic acid groups (broad SMARTS) is 1. The zero-order valence-corrected chi connectivity index (χ0v) is 13.0. The summed E-state index contributed by atoms with van der Waals surface area (Å²) in [5, 5.41) is 12.7. The average molecular weight is 341 g/mol. The molecule has 0 saturated carbocycles. The first-order valence-corrected chi connectivity index (χ1v) is 6.72. The molecule has 1 aromatic heterocycles. The van der Waals surface area contributed by atoms with Crippen molar-refractivity contribution in [2.45, 2.75) is 6.54 Å². The molecule has 0 fully saturated rings. The average Bonchev–Trinajstić information content (AvgIpc) is 2.85. The van der Waals surface area contributed by atoms with E-state index in [1.54, 1.807) is 18.2 Å². The molecule has 0 spiro atoms. The SMILES string of the molecule is COc1ccc(/C=C/c2nn(CC(=O)O)c(=O)o2)c(Cl)c1OC. The molecule has 122 valence electrons. The Hall–Kier alpha value is -2.74. The zero-order valence-electron chi connectivity index (χ0n) is 12.3. The van der Waals surface area contributed by atoms with Crippen LogP contribution in [-0.4, -0.2) is 35.1 Å². The highest BCUT2D eigenvalue weighted by Gasteiger charge is 2.12. The van der Waals surface area contributed by atoms with Crippen LogP contribution in [0.5, 0.6) is 11.5 Å². The van der Waals surface area contributed by atoms with Gasteiger partial charge in [-0.1, -0.05) is 11.6 Å². The van der Waals surface area contributed by atoms with Gasteiger partial charge in [0.1, 0.15) is 6.54 Å². The summed E-state index contributed by atoms with van der Waals surface area (Å²) in [6.45, 7) is -0.576. The van der Waals surface area contributed by atoms with E-state index in [0.717, 1.165) is 0 Å². The van der Waals surface area contributed by atoms with E-state index in [9.17, 15) is 9.59 Å². The Morgan fingerprint density at radius 2 is 2.13 bits per heavy atom. The number of rotatable bonds is 6. The van der Waals surface area contributed by atoms with Gasteiger partial charge >= 0.3 is 11.7 Å². The third-order valence-corrected chi connectivity index (χ3v) is 3.22. The molecule has 23 heavy (non-hydrogen) atoms. The lowest BCUT2D eigenvalue weighted by Gasteiger charge is -2.10. The standard InChI is InChI=1S/C14H13ClN2O6/c1-21-9-5-3-8(12(15)13(9)22-2)4-6-10-16-17(7-11(18)19)14(20)23-10/h3-6H,7H2,1-2H3,(H,18,19)/b6-4+. The Kier molecular flexibility index (Phi) is 5.07.